The molecule has 30 heavy (non-hydrogen) atoms. The second-order valence-electron chi connectivity index (χ2n) is 8.46. The van der Waals surface area contributed by atoms with E-state index in [1.807, 2.05) is 18.8 Å². The van der Waals surface area contributed by atoms with Crippen molar-refractivity contribution in [3.8, 4) is 0 Å². The minimum atomic E-state index is -0.204. The molecular weight excluding hydrogens is 382 g/mol. The number of piperidine rings is 1. The maximum Gasteiger partial charge on any atom is 0.220 e. The average Bonchev–Trinajstić information content (AvgIpc) is 3.42. The van der Waals surface area contributed by atoms with E-state index in [1.165, 1.54) is 0 Å². The predicted octanol–water partition coefficient (Wildman–Crippen LogP) is 1.20. The number of nitrogens with two attached hydrogens (primary N) is 1. The highest BCUT2D eigenvalue weighted by Gasteiger charge is 2.33. The van der Waals surface area contributed by atoms with Gasteiger partial charge in [-0.2, -0.15) is 0 Å². The zero-order valence-corrected chi connectivity index (χ0v) is 17.8. The third kappa shape index (κ3) is 4.46. The molecule has 2 unspecified atom stereocenters. The highest BCUT2D eigenvalue weighted by Crippen LogP contribution is 2.32. The van der Waals surface area contributed by atoms with Gasteiger partial charge in [0.25, 0.3) is 0 Å². The first-order chi connectivity index (χ1) is 14.5. The molecule has 0 saturated carbocycles. The molecule has 2 fully saturated rings. The summed E-state index contributed by atoms with van der Waals surface area (Å²) in [5.41, 5.74) is 7.83. The molecular formula is C21H31N7O2. The van der Waals surface area contributed by atoms with Crippen LogP contribution in [0.2, 0.25) is 0 Å². The zero-order chi connectivity index (χ0) is 21.1. The third-order valence-electron chi connectivity index (χ3n) is 6.23. The van der Waals surface area contributed by atoms with Crippen molar-refractivity contribution in [1.82, 2.24) is 25.1 Å². The van der Waals surface area contributed by atoms with Gasteiger partial charge >= 0.3 is 0 Å². The Morgan fingerprint density at radius 1 is 1.23 bits per heavy atom. The van der Waals surface area contributed by atoms with Crippen molar-refractivity contribution in [3.05, 3.63) is 35.7 Å². The number of anilines is 1. The Morgan fingerprint density at radius 2 is 1.97 bits per heavy atom. The largest absolute Gasteiger partial charge is 0.378 e. The van der Waals surface area contributed by atoms with E-state index < -0.39 is 0 Å². The van der Waals surface area contributed by atoms with Gasteiger partial charge in [-0.1, -0.05) is 12.1 Å². The molecule has 2 aliphatic rings. The van der Waals surface area contributed by atoms with Crippen molar-refractivity contribution in [1.29, 1.82) is 0 Å². The summed E-state index contributed by atoms with van der Waals surface area (Å²) in [6, 6.07) is 8.45. The van der Waals surface area contributed by atoms with E-state index >= 15 is 0 Å². The maximum atomic E-state index is 11.6. The zero-order valence-electron chi connectivity index (χ0n) is 17.8. The quantitative estimate of drug-likeness (QED) is 0.728. The smallest absolute Gasteiger partial charge is 0.220 e. The van der Waals surface area contributed by atoms with E-state index in [0.29, 0.717) is 6.54 Å². The number of tetrazole rings is 1. The Kier molecular flexibility index (Phi) is 6.29. The van der Waals surface area contributed by atoms with Crippen LogP contribution in [0.4, 0.5) is 5.69 Å². The Hall–Kier alpha value is -2.52. The molecule has 9 heteroatoms. The van der Waals surface area contributed by atoms with Crippen LogP contribution < -0.4 is 10.6 Å². The number of primary amides is 1. The molecule has 0 radical (unpaired) electrons. The summed E-state index contributed by atoms with van der Waals surface area (Å²) in [5.74, 6) is 0.561. The molecule has 2 atom stereocenters. The first-order valence-electron chi connectivity index (χ1n) is 10.7. The van der Waals surface area contributed by atoms with Crippen molar-refractivity contribution in [2.24, 2.45) is 11.7 Å². The molecule has 0 bridgehead atoms. The average molecular weight is 414 g/mol. The minimum Gasteiger partial charge on any atom is -0.378 e. The van der Waals surface area contributed by atoms with Gasteiger partial charge in [0.1, 0.15) is 0 Å². The van der Waals surface area contributed by atoms with Crippen LogP contribution in [0.25, 0.3) is 0 Å². The second-order valence-corrected chi connectivity index (χ2v) is 8.46. The molecule has 162 valence electrons. The Labute approximate surface area is 177 Å². The van der Waals surface area contributed by atoms with Crippen LogP contribution in [0.3, 0.4) is 0 Å². The van der Waals surface area contributed by atoms with E-state index in [1.54, 1.807) is 0 Å². The summed E-state index contributed by atoms with van der Waals surface area (Å²) in [7, 11) is 4.06. The Morgan fingerprint density at radius 3 is 2.57 bits per heavy atom. The van der Waals surface area contributed by atoms with Crippen LogP contribution in [0, 0.1) is 5.92 Å². The predicted molar refractivity (Wildman–Crippen MR) is 113 cm³/mol. The van der Waals surface area contributed by atoms with Crippen molar-refractivity contribution in [2.45, 2.75) is 44.4 Å². The summed E-state index contributed by atoms with van der Waals surface area (Å²) in [5, 5.41) is 12.7. The number of rotatable bonds is 7. The van der Waals surface area contributed by atoms with Crippen molar-refractivity contribution >= 4 is 11.6 Å². The highest BCUT2D eigenvalue weighted by atomic mass is 16.5. The molecule has 2 saturated heterocycles. The van der Waals surface area contributed by atoms with Gasteiger partial charge in [0, 0.05) is 32.3 Å². The lowest BCUT2D eigenvalue weighted by Gasteiger charge is -2.36. The number of nitrogens with zero attached hydrogens (tertiary/aromatic N) is 6. The molecule has 1 amide bonds. The molecule has 1 aromatic heterocycles. The second kappa shape index (κ2) is 9.09. The van der Waals surface area contributed by atoms with Gasteiger partial charge in [0.2, 0.25) is 5.91 Å². The fourth-order valence-corrected chi connectivity index (χ4v) is 4.44. The summed E-state index contributed by atoms with van der Waals surface area (Å²) in [6.45, 7) is 3.02. The third-order valence-corrected chi connectivity index (χ3v) is 6.23. The summed E-state index contributed by atoms with van der Waals surface area (Å²) in [4.78, 5) is 16.1. The lowest BCUT2D eigenvalue weighted by molar-refractivity contribution is -0.123. The highest BCUT2D eigenvalue weighted by molar-refractivity contribution is 5.76. The first kappa shape index (κ1) is 20.7. The van der Waals surface area contributed by atoms with E-state index in [2.05, 4.69) is 49.6 Å². The van der Waals surface area contributed by atoms with E-state index in [0.717, 1.165) is 62.5 Å². The number of carbonyl (C=O) groups excluding carboxylic acids is 1. The summed E-state index contributed by atoms with van der Waals surface area (Å²) >= 11 is 0. The van der Waals surface area contributed by atoms with Gasteiger partial charge in [-0.3, -0.25) is 9.69 Å². The van der Waals surface area contributed by atoms with Gasteiger partial charge in [-0.15, -0.1) is 5.10 Å². The van der Waals surface area contributed by atoms with Crippen LogP contribution in [-0.4, -0.2) is 70.9 Å². The normalized spacial score (nSPS) is 21.6. The lowest BCUT2D eigenvalue weighted by atomic mass is 9.93. The Balaban J connectivity index is 1.62. The molecule has 0 spiro atoms. The molecule has 2 N–H and O–H groups in total. The van der Waals surface area contributed by atoms with Crippen molar-refractivity contribution in [3.63, 3.8) is 0 Å². The van der Waals surface area contributed by atoms with Crippen LogP contribution >= 0.6 is 0 Å². The molecule has 1 aromatic carbocycles. The van der Waals surface area contributed by atoms with E-state index in [-0.39, 0.29) is 24.0 Å². The standard InChI is InChI=1S/C21H31N7O2/c1-26(2)17-7-5-15(6-8-17)19(27-11-9-16(10-12-27)20(22)29)21-23-24-25-28(21)14-18-4-3-13-30-18/h5-8,16,18-19H,3-4,9-14H2,1-2H3,(H2,22,29). The molecule has 0 aliphatic carbocycles. The fourth-order valence-electron chi connectivity index (χ4n) is 4.44. The van der Waals surface area contributed by atoms with Gasteiger partial charge in [-0.25, -0.2) is 4.68 Å². The van der Waals surface area contributed by atoms with Gasteiger partial charge in [-0.05, 0) is 66.9 Å². The molecule has 9 nitrogen and oxygen atoms in total. The SMILES string of the molecule is CN(C)c1ccc(C(c2nnnn2CC2CCCO2)N2CCC(C(N)=O)CC2)cc1. The van der Waals surface area contributed by atoms with Crippen LogP contribution in [0.1, 0.15) is 43.1 Å². The number of hydrogen-bond acceptors (Lipinski definition) is 7. The number of carbonyl (C=O) groups is 1. The number of likely N-dealkylation sites (tertiary alicyclic amines) is 1. The fraction of sp³-hybridized carbons (Fsp3) is 0.619. The minimum absolute atomic E-state index is 0.0547. The van der Waals surface area contributed by atoms with Crippen LogP contribution in [0.5, 0.6) is 0 Å². The monoisotopic (exact) mass is 413 g/mol. The number of amides is 1. The van der Waals surface area contributed by atoms with Crippen LogP contribution in [0.15, 0.2) is 24.3 Å². The van der Waals surface area contributed by atoms with E-state index in [9.17, 15) is 4.79 Å². The molecule has 3 heterocycles. The number of ether oxygens (including phenoxy) is 1. The lowest BCUT2D eigenvalue weighted by Crippen LogP contribution is -2.41. The number of aromatic nitrogens is 4. The molecule has 2 aliphatic heterocycles. The maximum absolute atomic E-state index is 11.6. The first-order valence-corrected chi connectivity index (χ1v) is 10.7. The van der Waals surface area contributed by atoms with Gasteiger partial charge < -0.3 is 15.4 Å². The van der Waals surface area contributed by atoms with Gasteiger partial charge in [0.15, 0.2) is 5.82 Å². The van der Waals surface area contributed by atoms with Crippen LogP contribution in [-0.2, 0) is 16.1 Å². The summed E-state index contributed by atoms with van der Waals surface area (Å²) in [6.07, 6.45) is 3.79. The topological polar surface area (TPSA) is 102 Å². The van der Waals surface area contributed by atoms with Crippen molar-refractivity contribution in [2.75, 3.05) is 38.7 Å². The Bertz CT molecular complexity index is 837. The molecule has 2 aromatic rings. The molecule has 4 rings (SSSR count). The number of benzene rings is 1. The summed E-state index contributed by atoms with van der Waals surface area (Å²) < 4.78 is 7.70. The number of hydrogen-bond donors (Lipinski definition) is 1. The van der Waals surface area contributed by atoms with Crippen molar-refractivity contribution < 1.29 is 9.53 Å². The van der Waals surface area contributed by atoms with Gasteiger partial charge in [0.05, 0.1) is 18.7 Å². The van der Waals surface area contributed by atoms with E-state index in [4.69, 9.17) is 10.5 Å².